The van der Waals surface area contributed by atoms with Gasteiger partial charge in [-0.25, -0.2) is 0 Å². The Morgan fingerprint density at radius 3 is 2.56 bits per heavy atom. The Bertz CT molecular complexity index is 360. The fraction of sp³-hybridized carbons (Fsp3) is 0.529. The number of nitrogens with zero attached hydrogens (tertiary/aromatic N) is 1. The molecule has 0 N–H and O–H groups in total. The van der Waals surface area contributed by atoms with E-state index >= 15 is 0 Å². The summed E-state index contributed by atoms with van der Waals surface area (Å²) in [4.78, 5) is 2.60. The lowest BCUT2D eigenvalue weighted by molar-refractivity contribution is 0.246. The number of likely N-dealkylation sites (tertiary alicyclic amines) is 1. The first kappa shape index (κ1) is 13.4. The van der Waals surface area contributed by atoms with Crippen LogP contribution < -0.4 is 0 Å². The van der Waals surface area contributed by atoms with Crippen LogP contribution in [0.5, 0.6) is 0 Å². The summed E-state index contributed by atoms with van der Waals surface area (Å²) in [5.41, 5.74) is 2.98. The van der Waals surface area contributed by atoms with Gasteiger partial charge in [0.25, 0.3) is 0 Å². The smallest absolute Gasteiger partial charge is 0.0190 e. The predicted molar refractivity (Wildman–Crippen MR) is 78.8 cm³/mol. The van der Waals surface area contributed by atoms with E-state index in [4.69, 9.17) is 0 Å². The van der Waals surface area contributed by atoms with Crippen molar-refractivity contribution in [2.24, 2.45) is 0 Å². The highest BCUT2D eigenvalue weighted by molar-refractivity contribution is 5.15. The normalized spacial score (nSPS) is 17.9. The first-order chi connectivity index (χ1) is 8.84. The van der Waals surface area contributed by atoms with Gasteiger partial charge in [-0.15, -0.1) is 0 Å². The summed E-state index contributed by atoms with van der Waals surface area (Å²) in [6.07, 6.45) is 8.95. The van der Waals surface area contributed by atoms with E-state index in [1.807, 2.05) is 0 Å². The van der Waals surface area contributed by atoms with Gasteiger partial charge in [0.2, 0.25) is 0 Å². The molecule has 1 fully saturated rings. The SMILES string of the molecule is C/C(=C\CCc1ccccc1)CN1CCCCC1. The van der Waals surface area contributed by atoms with Crippen LogP contribution in [-0.4, -0.2) is 24.5 Å². The third-order valence-corrected chi connectivity index (χ3v) is 3.69. The molecule has 1 aromatic carbocycles. The molecule has 0 saturated carbocycles. The maximum atomic E-state index is 2.60. The van der Waals surface area contributed by atoms with Gasteiger partial charge in [-0.1, -0.05) is 48.4 Å². The van der Waals surface area contributed by atoms with E-state index in [0.717, 1.165) is 6.42 Å². The zero-order valence-corrected chi connectivity index (χ0v) is 11.6. The van der Waals surface area contributed by atoms with Gasteiger partial charge in [0, 0.05) is 6.54 Å². The molecule has 1 aliphatic rings. The van der Waals surface area contributed by atoms with Gasteiger partial charge in [-0.05, 0) is 51.3 Å². The average Bonchev–Trinajstić information content (AvgIpc) is 2.41. The first-order valence-electron chi connectivity index (χ1n) is 7.26. The summed E-state index contributed by atoms with van der Waals surface area (Å²) >= 11 is 0. The lowest BCUT2D eigenvalue weighted by atomic mass is 10.1. The molecule has 0 radical (unpaired) electrons. The number of piperidine rings is 1. The fourth-order valence-electron chi connectivity index (χ4n) is 2.66. The number of hydrogen-bond acceptors (Lipinski definition) is 1. The lowest BCUT2D eigenvalue weighted by Gasteiger charge is -2.26. The zero-order chi connectivity index (χ0) is 12.6. The van der Waals surface area contributed by atoms with Crippen molar-refractivity contribution in [3.63, 3.8) is 0 Å². The Balaban J connectivity index is 1.71. The van der Waals surface area contributed by atoms with Crippen LogP contribution in [0.2, 0.25) is 0 Å². The van der Waals surface area contributed by atoms with Crippen molar-refractivity contribution in [3.8, 4) is 0 Å². The number of hydrogen-bond donors (Lipinski definition) is 0. The van der Waals surface area contributed by atoms with Crippen LogP contribution in [-0.2, 0) is 6.42 Å². The van der Waals surface area contributed by atoms with E-state index in [0.29, 0.717) is 0 Å². The molecule has 98 valence electrons. The van der Waals surface area contributed by atoms with E-state index in [1.54, 1.807) is 0 Å². The van der Waals surface area contributed by atoms with Gasteiger partial charge in [-0.3, -0.25) is 4.90 Å². The summed E-state index contributed by atoms with van der Waals surface area (Å²) in [5.74, 6) is 0. The van der Waals surface area contributed by atoms with Crippen LogP contribution in [0.15, 0.2) is 42.0 Å². The van der Waals surface area contributed by atoms with Crippen molar-refractivity contribution in [2.75, 3.05) is 19.6 Å². The maximum Gasteiger partial charge on any atom is 0.0190 e. The van der Waals surface area contributed by atoms with Crippen LogP contribution in [0, 0.1) is 0 Å². The van der Waals surface area contributed by atoms with E-state index in [2.05, 4.69) is 48.2 Å². The maximum absolute atomic E-state index is 2.60. The quantitative estimate of drug-likeness (QED) is 0.705. The molecule has 0 amide bonds. The molecule has 0 aromatic heterocycles. The Labute approximate surface area is 112 Å². The summed E-state index contributed by atoms with van der Waals surface area (Å²) in [7, 11) is 0. The van der Waals surface area contributed by atoms with Crippen molar-refractivity contribution in [1.82, 2.24) is 4.90 Å². The van der Waals surface area contributed by atoms with Crippen molar-refractivity contribution in [3.05, 3.63) is 47.5 Å². The molecule has 0 atom stereocenters. The highest BCUT2D eigenvalue weighted by atomic mass is 15.1. The molecular weight excluding hydrogens is 218 g/mol. The van der Waals surface area contributed by atoms with Crippen LogP contribution >= 0.6 is 0 Å². The monoisotopic (exact) mass is 243 g/mol. The topological polar surface area (TPSA) is 3.24 Å². The molecule has 2 rings (SSSR count). The van der Waals surface area contributed by atoms with Gasteiger partial charge in [0.15, 0.2) is 0 Å². The van der Waals surface area contributed by atoms with Gasteiger partial charge >= 0.3 is 0 Å². The molecule has 0 aliphatic carbocycles. The highest BCUT2D eigenvalue weighted by Crippen LogP contribution is 2.11. The van der Waals surface area contributed by atoms with E-state index in [-0.39, 0.29) is 0 Å². The van der Waals surface area contributed by atoms with Gasteiger partial charge < -0.3 is 0 Å². The molecule has 1 heterocycles. The number of benzene rings is 1. The summed E-state index contributed by atoms with van der Waals surface area (Å²) in [6.45, 7) is 6.04. The van der Waals surface area contributed by atoms with Crippen LogP contribution in [0.4, 0.5) is 0 Å². The highest BCUT2D eigenvalue weighted by Gasteiger charge is 2.09. The average molecular weight is 243 g/mol. The molecule has 1 aliphatic heterocycles. The van der Waals surface area contributed by atoms with E-state index < -0.39 is 0 Å². The first-order valence-corrected chi connectivity index (χ1v) is 7.26. The Morgan fingerprint density at radius 1 is 1.11 bits per heavy atom. The molecule has 1 saturated heterocycles. The van der Waals surface area contributed by atoms with Crippen molar-refractivity contribution < 1.29 is 0 Å². The third kappa shape index (κ3) is 4.66. The Hall–Kier alpha value is -1.08. The van der Waals surface area contributed by atoms with Gasteiger partial charge in [-0.2, -0.15) is 0 Å². The molecular formula is C17H25N. The molecule has 1 nitrogen and oxygen atoms in total. The van der Waals surface area contributed by atoms with Crippen LogP contribution in [0.1, 0.15) is 38.2 Å². The summed E-state index contributed by atoms with van der Waals surface area (Å²) < 4.78 is 0. The number of aryl methyl sites for hydroxylation is 1. The van der Waals surface area contributed by atoms with E-state index in [9.17, 15) is 0 Å². The second-order valence-corrected chi connectivity index (χ2v) is 5.41. The molecule has 0 bridgehead atoms. The lowest BCUT2D eigenvalue weighted by Crippen LogP contribution is -2.31. The molecule has 1 heteroatoms. The third-order valence-electron chi connectivity index (χ3n) is 3.69. The number of allylic oxidation sites excluding steroid dienone is 1. The molecule has 1 aromatic rings. The minimum atomic E-state index is 1.16. The zero-order valence-electron chi connectivity index (χ0n) is 11.6. The number of rotatable bonds is 5. The minimum absolute atomic E-state index is 1.16. The summed E-state index contributed by atoms with van der Waals surface area (Å²) in [6, 6.07) is 10.8. The molecule has 0 unspecified atom stereocenters. The minimum Gasteiger partial charge on any atom is -0.299 e. The van der Waals surface area contributed by atoms with Crippen molar-refractivity contribution in [1.29, 1.82) is 0 Å². The second kappa shape index (κ2) is 7.38. The van der Waals surface area contributed by atoms with Crippen molar-refractivity contribution >= 4 is 0 Å². The standard InChI is InChI=1S/C17H25N/c1-16(15-18-13-6-3-7-14-18)9-8-12-17-10-4-2-5-11-17/h2,4-5,9-11H,3,6-8,12-15H2,1H3/b16-9+. The fourth-order valence-corrected chi connectivity index (χ4v) is 2.66. The predicted octanol–water partition coefficient (Wildman–Crippen LogP) is 4.05. The van der Waals surface area contributed by atoms with Crippen molar-refractivity contribution in [2.45, 2.75) is 39.0 Å². The van der Waals surface area contributed by atoms with Gasteiger partial charge in [0.1, 0.15) is 0 Å². The second-order valence-electron chi connectivity index (χ2n) is 5.41. The van der Waals surface area contributed by atoms with E-state index in [1.165, 1.54) is 56.5 Å². The molecule has 18 heavy (non-hydrogen) atoms. The van der Waals surface area contributed by atoms with Crippen LogP contribution in [0.3, 0.4) is 0 Å². The summed E-state index contributed by atoms with van der Waals surface area (Å²) in [5, 5.41) is 0. The Kier molecular flexibility index (Phi) is 5.47. The largest absolute Gasteiger partial charge is 0.299 e. The Morgan fingerprint density at radius 2 is 1.83 bits per heavy atom. The van der Waals surface area contributed by atoms with Gasteiger partial charge in [0.05, 0.1) is 0 Å². The molecule has 0 spiro atoms. The van der Waals surface area contributed by atoms with Crippen LogP contribution in [0.25, 0.3) is 0 Å².